The topological polar surface area (TPSA) is 60.5 Å². The summed E-state index contributed by atoms with van der Waals surface area (Å²) >= 11 is 1.56. The van der Waals surface area contributed by atoms with Crippen LogP contribution in [-0.4, -0.2) is 17.5 Å². The molecule has 1 amide bonds. The molecular weight excluding hydrogens is 386 g/mol. The smallest absolute Gasteiger partial charge is 0.387 e. The largest absolute Gasteiger partial charge is 0.487 e. The van der Waals surface area contributed by atoms with Crippen molar-refractivity contribution >= 4 is 17.2 Å². The van der Waals surface area contributed by atoms with Crippen LogP contribution >= 0.6 is 11.3 Å². The Hall–Kier alpha value is -3.00. The molecule has 28 heavy (non-hydrogen) atoms. The lowest BCUT2D eigenvalue weighted by atomic mass is 10.1. The first-order valence-corrected chi connectivity index (χ1v) is 9.34. The number of alkyl halides is 2. The van der Waals surface area contributed by atoms with Gasteiger partial charge in [0.1, 0.15) is 18.1 Å². The van der Waals surface area contributed by atoms with Crippen LogP contribution in [0.3, 0.4) is 0 Å². The van der Waals surface area contributed by atoms with Gasteiger partial charge in [0.2, 0.25) is 0 Å². The molecule has 0 spiro atoms. The summed E-state index contributed by atoms with van der Waals surface area (Å²) in [6.07, 6.45) is 0. The number of aromatic nitrogens is 1. The highest BCUT2D eigenvalue weighted by molar-refractivity contribution is 7.09. The van der Waals surface area contributed by atoms with Gasteiger partial charge >= 0.3 is 6.61 Å². The fraction of sp³-hybridized carbons (Fsp3) is 0.200. The standard InChI is InChI=1S/C20H18F2N2O3S/c1-13-24-16(12-28-13)11-26-17-8-6-14(7-9-17)19(25)23-10-15-4-2-3-5-18(15)27-20(21)22/h2-9,12,20H,10-11H2,1H3,(H,23,25). The first-order valence-electron chi connectivity index (χ1n) is 8.46. The van der Waals surface area contributed by atoms with Gasteiger partial charge in [-0.25, -0.2) is 4.98 Å². The van der Waals surface area contributed by atoms with E-state index < -0.39 is 6.61 Å². The van der Waals surface area contributed by atoms with Gasteiger partial charge in [-0.2, -0.15) is 8.78 Å². The van der Waals surface area contributed by atoms with Crippen molar-refractivity contribution in [2.75, 3.05) is 0 Å². The minimum atomic E-state index is -2.92. The highest BCUT2D eigenvalue weighted by Gasteiger charge is 2.11. The zero-order valence-corrected chi connectivity index (χ0v) is 15.8. The first-order chi connectivity index (χ1) is 13.5. The molecule has 146 valence electrons. The van der Waals surface area contributed by atoms with E-state index in [1.54, 1.807) is 53.8 Å². The highest BCUT2D eigenvalue weighted by Crippen LogP contribution is 2.20. The second-order valence-corrected chi connectivity index (χ2v) is 6.90. The summed E-state index contributed by atoms with van der Waals surface area (Å²) in [6, 6.07) is 13.0. The summed E-state index contributed by atoms with van der Waals surface area (Å²) in [6.45, 7) is -0.558. The molecular formula is C20H18F2N2O3S. The van der Waals surface area contributed by atoms with Crippen LogP contribution in [0.25, 0.3) is 0 Å². The second-order valence-electron chi connectivity index (χ2n) is 5.84. The summed E-state index contributed by atoms with van der Waals surface area (Å²) in [7, 11) is 0. The van der Waals surface area contributed by atoms with Gasteiger partial charge in [-0.1, -0.05) is 18.2 Å². The molecule has 0 saturated carbocycles. The van der Waals surface area contributed by atoms with Crippen molar-refractivity contribution in [2.24, 2.45) is 0 Å². The number of hydrogen-bond donors (Lipinski definition) is 1. The first kappa shape index (κ1) is 19.8. The number of thiazole rings is 1. The Bertz CT molecular complexity index is 929. The van der Waals surface area contributed by atoms with Crippen LogP contribution in [0.15, 0.2) is 53.9 Å². The zero-order chi connectivity index (χ0) is 19.9. The van der Waals surface area contributed by atoms with Crippen LogP contribution in [0.2, 0.25) is 0 Å². The van der Waals surface area contributed by atoms with Crippen molar-refractivity contribution in [3.63, 3.8) is 0 Å². The average molecular weight is 404 g/mol. The Kier molecular flexibility index (Phi) is 6.54. The molecule has 2 aromatic carbocycles. The highest BCUT2D eigenvalue weighted by atomic mass is 32.1. The third-order valence-corrected chi connectivity index (χ3v) is 4.62. The van der Waals surface area contributed by atoms with Crippen molar-refractivity contribution in [1.82, 2.24) is 10.3 Å². The van der Waals surface area contributed by atoms with Crippen LogP contribution in [0.4, 0.5) is 8.78 Å². The second kappa shape index (κ2) is 9.27. The van der Waals surface area contributed by atoms with E-state index in [1.165, 1.54) is 6.07 Å². The van der Waals surface area contributed by atoms with Crippen LogP contribution in [0, 0.1) is 6.92 Å². The number of nitrogens with zero attached hydrogens (tertiary/aromatic N) is 1. The van der Waals surface area contributed by atoms with E-state index in [-0.39, 0.29) is 18.2 Å². The Balaban J connectivity index is 1.55. The lowest BCUT2D eigenvalue weighted by molar-refractivity contribution is -0.0504. The molecule has 0 aliphatic heterocycles. The van der Waals surface area contributed by atoms with Gasteiger partial charge in [-0.3, -0.25) is 4.79 Å². The number of rotatable bonds is 8. The number of amides is 1. The molecule has 3 aromatic rings. The van der Waals surface area contributed by atoms with E-state index in [9.17, 15) is 13.6 Å². The van der Waals surface area contributed by atoms with E-state index in [0.29, 0.717) is 23.5 Å². The maximum atomic E-state index is 12.4. The van der Waals surface area contributed by atoms with E-state index >= 15 is 0 Å². The number of nitrogens with one attached hydrogen (secondary N) is 1. The summed E-state index contributed by atoms with van der Waals surface area (Å²) in [5, 5.41) is 5.61. The van der Waals surface area contributed by atoms with Gasteiger partial charge in [0.05, 0.1) is 10.7 Å². The number of aryl methyl sites for hydroxylation is 1. The molecule has 5 nitrogen and oxygen atoms in total. The predicted molar refractivity (Wildman–Crippen MR) is 102 cm³/mol. The quantitative estimate of drug-likeness (QED) is 0.598. The lowest BCUT2D eigenvalue weighted by Gasteiger charge is -2.11. The van der Waals surface area contributed by atoms with Crippen molar-refractivity contribution in [3.05, 3.63) is 75.7 Å². The lowest BCUT2D eigenvalue weighted by Crippen LogP contribution is -2.23. The molecule has 0 aliphatic rings. The molecule has 0 saturated heterocycles. The fourth-order valence-electron chi connectivity index (χ4n) is 2.47. The van der Waals surface area contributed by atoms with Crippen LogP contribution < -0.4 is 14.8 Å². The van der Waals surface area contributed by atoms with Crippen LogP contribution in [0.1, 0.15) is 26.6 Å². The van der Waals surface area contributed by atoms with Gasteiger partial charge in [-0.15, -0.1) is 11.3 Å². The Morgan fingerprint density at radius 1 is 1.18 bits per heavy atom. The van der Waals surface area contributed by atoms with Crippen molar-refractivity contribution in [2.45, 2.75) is 26.7 Å². The van der Waals surface area contributed by atoms with Crippen molar-refractivity contribution < 1.29 is 23.0 Å². The van der Waals surface area contributed by atoms with Gasteiger partial charge in [0.15, 0.2) is 0 Å². The summed E-state index contributed by atoms with van der Waals surface area (Å²) < 4.78 is 35.0. The van der Waals surface area contributed by atoms with Crippen molar-refractivity contribution in [1.29, 1.82) is 0 Å². The molecule has 1 N–H and O–H groups in total. The molecule has 0 bridgehead atoms. The van der Waals surface area contributed by atoms with Crippen LogP contribution in [0.5, 0.6) is 11.5 Å². The molecule has 3 rings (SSSR count). The Morgan fingerprint density at radius 2 is 1.93 bits per heavy atom. The van der Waals surface area contributed by atoms with Gasteiger partial charge in [0, 0.05) is 23.1 Å². The number of para-hydroxylation sites is 1. The summed E-state index contributed by atoms with van der Waals surface area (Å²) in [5.74, 6) is 0.338. The maximum Gasteiger partial charge on any atom is 0.387 e. The SMILES string of the molecule is Cc1nc(COc2ccc(C(=O)NCc3ccccc3OC(F)F)cc2)cs1. The predicted octanol–water partition coefficient (Wildman–Crippen LogP) is 4.56. The summed E-state index contributed by atoms with van der Waals surface area (Å²) in [5.41, 5.74) is 1.76. The molecule has 0 unspecified atom stereocenters. The van der Waals surface area contributed by atoms with Gasteiger partial charge in [-0.05, 0) is 37.3 Å². The third-order valence-electron chi connectivity index (χ3n) is 3.80. The minimum Gasteiger partial charge on any atom is -0.487 e. The van der Waals surface area contributed by atoms with Crippen LogP contribution in [-0.2, 0) is 13.2 Å². The minimum absolute atomic E-state index is 0.0406. The molecule has 0 fully saturated rings. The van der Waals surface area contributed by atoms with E-state index in [1.807, 2.05) is 12.3 Å². The monoisotopic (exact) mass is 404 g/mol. The molecule has 0 aliphatic carbocycles. The fourth-order valence-corrected chi connectivity index (χ4v) is 3.07. The Morgan fingerprint density at radius 3 is 2.61 bits per heavy atom. The zero-order valence-electron chi connectivity index (χ0n) is 15.0. The van der Waals surface area contributed by atoms with E-state index in [4.69, 9.17) is 4.74 Å². The number of ether oxygens (including phenoxy) is 2. The third kappa shape index (κ3) is 5.50. The maximum absolute atomic E-state index is 12.4. The number of hydrogen-bond acceptors (Lipinski definition) is 5. The van der Waals surface area contributed by atoms with E-state index in [0.717, 1.165) is 10.7 Å². The molecule has 0 atom stereocenters. The Labute approximate surface area is 164 Å². The van der Waals surface area contributed by atoms with Crippen molar-refractivity contribution in [3.8, 4) is 11.5 Å². The number of benzene rings is 2. The summed E-state index contributed by atoms with van der Waals surface area (Å²) in [4.78, 5) is 16.6. The molecule has 0 radical (unpaired) electrons. The average Bonchev–Trinajstić information content (AvgIpc) is 3.10. The number of carbonyl (C=O) groups excluding carboxylic acids is 1. The molecule has 1 aromatic heterocycles. The molecule has 1 heterocycles. The van der Waals surface area contributed by atoms with Gasteiger partial charge in [0.25, 0.3) is 5.91 Å². The molecule has 8 heteroatoms. The van der Waals surface area contributed by atoms with E-state index in [2.05, 4.69) is 15.0 Å². The van der Waals surface area contributed by atoms with Gasteiger partial charge < -0.3 is 14.8 Å². The number of halogens is 2. The normalized spacial score (nSPS) is 10.7. The number of carbonyl (C=O) groups is 1.